The number of hydrogen-bond acceptors (Lipinski definition) is 10. The highest BCUT2D eigenvalue weighted by Crippen LogP contribution is 2.56. The standard InChI is InChI=1S/C54H36N10/c1-3-15-37(16-4-1)61-45-19-7-11-23-49(45)63(50-24-12-8-20-46(50)61)39-27-29-41(43(31-39)53-57-33-55-34-58-53)42-30-28-40(32-44(42)54-59-35-56-36-60-54)64-51-25-13-9-21-47(51)62(38-17-5-2-6-18-38)48-22-10-14-26-52(48)64/h1-36H. The summed E-state index contributed by atoms with van der Waals surface area (Å²) in [6, 6.07) is 68.1. The molecule has 0 spiro atoms. The van der Waals surface area contributed by atoms with Gasteiger partial charge in [0, 0.05) is 33.9 Å². The molecule has 12 rings (SSSR count). The molecule has 8 aromatic carbocycles. The number of hydrogen-bond donors (Lipinski definition) is 0. The Balaban J connectivity index is 1.04. The van der Waals surface area contributed by atoms with Crippen molar-refractivity contribution in [2.75, 3.05) is 19.6 Å². The van der Waals surface area contributed by atoms with E-state index in [4.69, 9.17) is 19.9 Å². The van der Waals surface area contributed by atoms with Crippen molar-refractivity contribution in [1.29, 1.82) is 0 Å². The normalized spacial score (nSPS) is 12.6. The second-order valence-electron chi connectivity index (χ2n) is 15.4. The topological polar surface area (TPSA) is 90.3 Å². The molecule has 4 heterocycles. The van der Waals surface area contributed by atoms with Gasteiger partial charge in [0.05, 0.1) is 45.5 Å². The first-order valence-corrected chi connectivity index (χ1v) is 21.0. The van der Waals surface area contributed by atoms with E-state index in [0.717, 1.165) is 90.5 Å². The summed E-state index contributed by atoms with van der Waals surface area (Å²) in [7, 11) is 0. The maximum absolute atomic E-state index is 4.73. The van der Waals surface area contributed by atoms with Gasteiger partial charge in [0.15, 0.2) is 11.6 Å². The predicted octanol–water partition coefficient (Wildman–Crippen LogP) is 13.6. The largest absolute Gasteiger partial charge is 0.306 e. The Hall–Kier alpha value is -9.02. The summed E-state index contributed by atoms with van der Waals surface area (Å²) in [5, 5.41) is 0. The second kappa shape index (κ2) is 15.5. The van der Waals surface area contributed by atoms with Crippen molar-refractivity contribution < 1.29 is 0 Å². The SMILES string of the molecule is c1ccc(N2c3ccccc3N(c3ccc(-c4ccc(N5c6ccccc6N(c6ccccc6)c6ccccc65)cc4-c4ncncn4)c(-c4ncncn4)c3)c3ccccc32)cc1. The Kier molecular flexibility index (Phi) is 8.89. The van der Waals surface area contributed by atoms with E-state index < -0.39 is 0 Å². The quantitative estimate of drug-likeness (QED) is 0.155. The summed E-state index contributed by atoms with van der Waals surface area (Å²) in [6.45, 7) is 0. The maximum atomic E-state index is 4.73. The van der Waals surface area contributed by atoms with Gasteiger partial charge < -0.3 is 19.6 Å². The molecule has 0 aliphatic carbocycles. The molecule has 0 N–H and O–H groups in total. The Morgan fingerprint density at radius 2 is 0.500 bits per heavy atom. The molecule has 2 aliphatic rings. The van der Waals surface area contributed by atoms with Crippen LogP contribution in [0.2, 0.25) is 0 Å². The second-order valence-corrected chi connectivity index (χ2v) is 15.4. The van der Waals surface area contributed by atoms with Gasteiger partial charge in [-0.3, -0.25) is 0 Å². The first-order valence-electron chi connectivity index (χ1n) is 21.0. The van der Waals surface area contributed by atoms with E-state index in [2.05, 4.69) is 212 Å². The smallest absolute Gasteiger partial charge is 0.163 e. The Morgan fingerprint density at radius 3 is 0.797 bits per heavy atom. The van der Waals surface area contributed by atoms with Crippen LogP contribution in [0.4, 0.5) is 68.2 Å². The molecule has 0 atom stereocenters. The molecule has 0 radical (unpaired) electrons. The number of rotatable bonds is 7. The molecule has 0 bridgehead atoms. The van der Waals surface area contributed by atoms with Gasteiger partial charge in [0.1, 0.15) is 25.3 Å². The van der Waals surface area contributed by atoms with Gasteiger partial charge in [-0.25, -0.2) is 29.9 Å². The zero-order chi connectivity index (χ0) is 42.4. The van der Waals surface area contributed by atoms with Gasteiger partial charge in [-0.15, -0.1) is 0 Å². The third kappa shape index (κ3) is 6.12. The molecule has 10 nitrogen and oxygen atoms in total. The Bertz CT molecular complexity index is 3000. The van der Waals surface area contributed by atoms with Crippen molar-refractivity contribution in [3.05, 3.63) is 219 Å². The number of anilines is 12. The fourth-order valence-electron chi connectivity index (χ4n) is 9.09. The fraction of sp³-hybridized carbons (Fsp3) is 0. The molecule has 0 saturated carbocycles. The molecule has 0 unspecified atom stereocenters. The van der Waals surface area contributed by atoms with Gasteiger partial charge in [0.2, 0.25) is 0 Å². The van der Waals surface area contributed by atoms with Crippen LogP contribution in [0.1, 0.15) is 0 Å². The molecule has 2 aliphatic heterocycles. The highest BCUT2D eigenvalue weighted by atomic mass is 15.3. The summed E-state index contributed by atoms with van der Waals surface area (Å²) < 4.78 is 0. The average Bonchev–Trinajstić information content (AvgIpc) is 3.38. The molecule has 64 heavy (non-hydrogen) atoms. The van der Waals surface area contributed by atoms with Gasteiger partial charge in [-0.2, -0.15) is 0 Å². The van der Waals surface area contributed by atoms with Gasteiger partial charge in [0.25, 0.3) is 0 Å². The summed E-state index contributed by atoms with van der Waals surface area (Å²) in [6.07, 6.45) is 6.17. The molecular weight excluding hydrogens is 789 g/mol. The minimum absolute atomic E-state index is 0.543. The third-order valence-corrected chi connectivity index (χ3v) is 11.8. The molecule has 0 amide bonds. The van der Waals surface area contributed by atoms with E-state index in [0.29, 0.717) is 11.6 Å². The number of para-hydroxylation sites is 10. The van der Waals surface area contributed by atoms with Crippen LogP contribution >= 0.6 is 0 Å². The van der Waals surface area contributed by atoms with Crippen molar-refractivity contribution in [3.8, 4) is 33.9 Å². The Labute approximate surface area is 369 Å². The van der Waals surface area contributed by atoms with Crippen LogP contribution in [-0.2, 0) is 0 Å². The van der Waals surface area contributed by atoms with Gasteiger partial charge in [-0.05, 0) is 108 Å². The highest BCUT2D eigenvalue weighted by Gasteiger charge is 2.33. The van der Waals surface area contributed by atoms with E-state index >= 15 is 0 Å². The molecule has 10 aromatic rings. The van der Waals surface area contributed by atoms with Crippen LogP contribution in [-0.4, -0.2) is 29.9 Å². The summed E-state index contributed by atoms with van der Waals surface area (Å²) in [5.74, 6) is 1.09. The molecule has 0 fully saturated rings. The summed E-state index contributed by atoms with van der Waals surface area (Å²) in [5.41, 5.74) is 16.0. The zero-order valence-electron chi connectivity index (χ0n) is 34.3. The monoisotopic (exact) mass is 824 g/mol. The van der Waals surface area contributed by atoms with Crippen LogP contribution in [0.25, 0.3) is 33.9 Å². The molecule has 302 valence electrons. The summed E-state index contributed by atoms with van der Waals surface area (Å²) in [4.78, 5) is 36.6. The van der Waals surface area contributed by atoms with Gasteiger partial charge >= 0.3 is 0 Å². The average molecular weight is 825 g/mol. The minimum atomic E-state index is 0.543. The van der Waals surface area contributed by atoms with E-state index in [9.17, 15) is 0 Å². The number of nitrogens with zero attached hydrogens (tertiary/aromatic N) is 10. The lowest BCUT2D eigenvalue weighted by Gasteiger charge is -2.40. The lowest BCUT2D eigenvalue weighted by atomic mass is 9.92. The first-order chi connectivity index (χ1) is 31.8. The van der Waals surface area contributed by atoms with Crippen molar-refractivity contribution in [1.82, 2.24) is 29.9 Å². The molecular formula is C54H36N10. The maximum Gasteiger partial charge on any atom is 0.163 e. The van der Waals surface area contributed by atoms with Crippen molar-refractivity contribution in [3.63, 3.8) is 0 Å². The number of fused-ring (bicyclic) bond motifs is 4. The van der Waals surface area contributed by atoms with Crippen LogP contribution < -0.4 is 19.6 Å². The van der Waals surface area contributed by atoms with Crippen LogP contribution in [0.15, 0.2) is 219 Å². The van der Waals surface area contributed by atoms with E-state index in [1.807, 2.05) is 12.1 Å². The number of aromatic nitrogens is 6. The van der Waals surface area contributed by atoms with Crippen molar-refractivity contribution in [2.45, 2.75) is 0 Å². The van der Waals surface area contributed by atoms with Crippen LogP contribution in [0.3, 0.4) is 0 Å². The number of benzene rings is 8. The van der Waals surface area contributed by atoms with Crippen LogP contribution in [0.5, 0.6) is 0 Å². The van der Waals surface area contributed by atoms with Crippen molar-refractivity contribution >= 4 is 68.2 Å². The van der Waals surface area contributed by atoms with E-state index in [-0.39, 0.29) is 0 Å². The predicted molar refractivity (Wildman–Crippen MR) is 255 cm³/mol. The first kappa shape index (κ1) is 36.8. The Morgan fingerprint density at radius 1 is 0.234 bits per heavy atom. The van der Waals surface area contributed by atoms with Gasteiger partial charge in [-0.1, -0.05) is 97.1 Å². The van der Waals surface area contributed by atoms with Crippen LogP contribution in [0, 0.1) is 0 Å². The lowest BCUT2D eigenvalue weighted by Crippen LogP contribution is -2.24. The zero-order valence-corrected chi connectivity index (χ0v) is 34.3. The minimum Gasteiger partial charge on any atom is -0.306 e. The third-order valence-electron chi connectivity index (χ3n) is 11.8. The molecule has 10 heteroatoms. The molecule has 0 saturated heterocycles. The summed E-state index contributed by atoms with van der Waals surface area (Å²) >= 11 is 0. The van der Waals surface area contributed by atoms with E-state index in [1.165, 1.54) is 0 Å². The van der Waals surface area contributed by atoms with E-state index in [1.54, 1.807) is 25.3 Å². The lowest BCUT2D eigenvalue weighted by molar-refractivity contribution is 1.05. The van der Waals surface area contributed by atoms with Crippen molar-refractivity contribution in [2.24, 2.45) is 0 Å². The molecule has 2 aromatic heterocycles. The fourth-order valence-corrected chi connectivity index (χ4v) is 9.09. The highest BCUT2D eigenvalue weighted by molar-refractivity contribution is 6.04.